The summed E-state index contributed by atoms with van der Waals surface area (Å²) >= 11 is 9.32. The Labute approximate surface area is 193 Å². The van der Waals surface area contributed by atoms with Gasteiger partial charge in [0.05, 0.1) is 0 Å². The molecule has 1 aliphatic heterocycles. The molecule has 164 valence electrons. The van der Waals surface area contributed by atoms with Crippen LogP contribution < -0.4 is 15.8 Å². The van der Waals surface area contributed by atoms with Crippen molar-refractivity contribution in [1.29, 1.82) is 0 Å². The molecule has 0 spiro atoms. The summed E-state index contributed by atoms with van der Waals surface area (Å²) in [6.45, 7) is 1.96. The van der Waals surface area contributed by atoms with Crippen LogP contribution in [-0.4, -0.2) is 62.0 Å². The average molecular weight is 510 g/mol. The molecule has 0 atom stereocenters. The molecule has 0 unspecified atom stereocenters. The predicted octanol–water partition coefficient (Wildman–Crippen LogP) is 2.23. The molecule has 3 rings (SSSR count). The fourth-order valence-electron chi connectivity index (χ4n) is 3.05. The molecule has 1 aliphatic rings. The lowest BCUT2D eigenvalue weighted by Crippen LogP contribution is -2.50. The number of piperazine rings is 1. The van der Waals surface area contributed by atoms with E-state index in [4.69, 9.17) is 16.3 Å². The van der Waals surface area contributed by atoms with Crippen molar-refractivity contribution in [3.05, 3.63) is 63.6 Å². The van der Waals surface area contributed by atoms with Crippen molar-refractivity contribution in [1.82, 2.24) is 15.8 Å². The van der Waals surface area contributed by atoms with Crippen molar-refractivity contribution in [2.24, 2.45) is 0 Å². The van der Waals surface area contributed by atoms with Gasteiger partial charge in [0.25, 0.3) is 11.8 Å². The van der Waals surface area contributed by atoms with E-state index in [1.54, 1.807) is 29.2 Å². The van der Waals surface area contributed by atoms with Crippen LogP contribution in [-0.2, 0) is 14.3 Å². The molecule has 1 saturated heterocycles. The fraction of sp³-hybridized carbons (Fsp3) is 0.286. The van der Waals surface area contributed by atoms with Gasteiger partial charge in [0, 0.05) is 46.9 Å². The number of benzene rings is 2. The first-order valence-electron chi connectivity index (χ1n) is 9.63. The summed E-state index contributed by atoms with van der Waals surface area (Å²) in [5.74, 6) is -1.18. The zero-order chi connectivity index (χ0) is 22.2. The van der Waals surface area contributed by atoms with Crippen LogP contribution in [0.1, 0.15) is 10.4 Å². The van der Waals surface area contributed by atoms with Crippen molar-refractivity contribution in [3.8, 4) is 0 Å². The average Bonchev–Trinajstić information content (AvgIpc) is 2.78. The Bertz CT molecular complexity index is 933. The molecule has 0 aromatic heterocycles. The van der Waals surface area contributed by atoms with E-state index in [1.165, 1.54) is 0 Å². The van der Waals surface area contributed by atoms with Gasteiger partial charge in [-0.05, 0) is 42.5 Å². The molecule has 1 fully saturated rings. The summed E-state index contributed by atoms with van der Waals surface area (Å²) in [6.07, 6.45) is 0. The van der Waals surface area contributed by atoms with Crippen LogP contribution >= 0.6 is 27.5 Å². The first-order chi connectivity index (χ1) is 14.9. The second kappa shape index (κ2) is 11.1. The Balaban J connectivity index is 1.33. The molecule has 2 aromatic carbocycles. The van der Waals surface area contributed by atoms with E-state index < -0.39 is 11.8 Å². The number of hydrogen-bond acceptors (Lipinski definition) is 5. The largest absolute Gasteiger partial charge is 0.368 e. The van der Waals surface area contributed by atoms with Crippen LogP contribution in [0.4, 0.5) is 5.69 Å². The highest BCUT2D eigenvalue weighted by Crippen LogP contribution is 2.20. The fourth-order valence-corrected chi connectivity index (χ4v) is 3.49. The van der Waals surface area contributed by atoms with E-state index >= 15 is 0 Å². The summed E-state index contributed by atoms with van der Waals surface area (Å²) in [4.78, 5) is 39.9. The minimum atomic E-state index is -0.552. The Hall–Kier alpha value is -2.62. The zero-order valence-corrected chi connectivity index (χ0v) is 19.0. The number of ether oxygens (including phenoxy) is 1. The van der Waals surface area contributed by atoms with Crippen molar-refractivity contribution >= 4 is 50.9 Å². The molecule has 1 heterocycles. The van der Waals surface area contributed by atoms with Crippen LogP contribution in [0.15, 0.2) is 53.0 Å². The van der Waals surface area contributed by atoms with E-state index in [0.717, 1.165) is 10.2 Å². The van der Waals surface area contributed by atoms with Gasteiger partial charge in [-0.2, -0.15) is 0 Å². The quantitative estimate of drug-likeness (QED) is 0.583. The van der Waals surface area contributed by atoms with Gasteiger partial charge in [-0.3, -0.25) is 25.2 Å². The highest BCUT2D eigenvalue weighted by Gasteiger charge is 2.21. The lowest BCUT2D eigenvalue weighted by atomic mass is 10.2. The van der Waals surface area contributed by atoms with Gasteiger partial charge in [-0.1, -0.05) is 33.6 Å². The molecule has 0 bridgehead atoms. The van der Waals surface area contributed by atoms with Gasteiger partial charge in [-0.25, -0.2) is 0 Å². The maximum absolute atomic E-state index is 12.3. The number of halogens is 2. The Kier molecular flexibility index (Phi) is 8.27. The summed E-state index contributed by atoms with van der Waals surface area (Å²) in [7, 11) is 0. The number of carbonyl (C=O) groups is 3. The lowest BCUT2D eigenvalue weighted by molar-refractivity contribution is -0.138. The Morgan fingerprint density at radius 2 is 1.68 bits per heavy atom. The molecule has 0 saturated carbocycles. The number of amides is 3. The van der Waals surface area contributed by atoms with Crippen LogP contribution in [0, 0.1) is 0 Å². The lowest BCUT2D eigenvalue weighted by Gasteiger charge is -2.36. The second-order valence-electron chi connectivity index (χ2n) is 6.85. The topological polar surface area (TPSA) is 91.0 Å². The molecule has 8 nitrogen and oxygen atoms in total. The van der Waals surface area contributed by atoms with E-state index in [-0.39, 0.29) is 19.1 Å². The monoisotopic (exact) mass is 508 g/mol. The normalized spacial score (nSPS) is 13.6. The molecular weight excluding hydrogens is 488 g/mol. The first-order valence-corrected chi connectivity index (χ1v) is 10.8. The van der Waals surface area contributed by atoms with E-state index in [0.29, 0.717) is 36.8 Å². The first kappa shape index (κ1) is 23.1. The van der Waals surface area contributed by atoms with Gasteiger partial charge in [0.1, 0.15) is 13.2 Å². The van der Waals surface area contributed by atoms with Gasteiger partial charge in [0.2, 0.25) is 5.91 Å². The van der Waals surface area contributed by atoms with E-state index in [1.807, 2.05) is 24.3 Å². The summed E-state index contributed by atoms with van der Waals surface area (Å²) < 4.78 is 6.04. The van der Waals surface area contributed by atoms with Crippen LogP contribution in [0.3, 0.4) is 0 Å². The molecule has 2 N–H and O–H groups in total. The molecule has 10 heteroatoms. The van der Waals surface area contributed by atoms with Crippen LogP contribution in [0.2, 0.25) is 5.02 Å². The molecular formula is C21H22BrClN4O4. The van der Waals surface area contributed by atoms with Gasteiger partial charge in [-0.15, -0.1) is 0 Å². The van der Waals surface area contributed by atoms with Gasteiger partial charge < -0.3 is 14.5 Å². The van der Waals surface area contributed by atoms with Crippen LogP contribution in [0.5, 0.6) is 0 Å². The van der Waals surface area contributed by atoms with Crippen molar-refractivity contribution < 1.29 is 19.1 Å². The maximum atomic E-state index is 12.3. The highest BCUT2D eigenvalue weighted by molar-refractivity contribution is 9.10. The van der Waals surface area contributed by atoms with Gasteiger partial charge >= 0.3 is 0 Å². The third-order valence-electron chi connectivity index (χ3n) is 4.69. The van der Waals surface area contributed by atoms with E-state index in [9.17, 15) is 14.4 Å². The Morgan fingerprint density at radius 3 is 2.35 bits per heavy atom. The Morgan fingerprint density at radius 1 is 0.968 bits per heavy atom. The minimum absolute atomic E-state index is 0.183. The third kappa shape index (κ3) is 6.95. The second-order valence-corrected chi connectivity index (χ2v) is 8.20. The summed E-state index contributed by atoms with van der Waals surface area (Å²) in [6, 6.07) is 14.3. The summed E-state index contributed by atoms with van der Waals surface area (Å²) in [5, 5.41) is 0.677. The molecule has 31 heavy (non-hydrogen) atoms. The van der Waals surface area contributed by atoms with Crippen molar-refractivity contribution in [2.45, 2.75) is 0 Å². The maximum Gasteiger partial charge on any atom is 0.269 e. The standard InChI is InChI=1S/C21H22BrClN4O4/c22-16-6-4-15(5-7-16)21(30)25-24-19(28)13-31-14-20(29)27-10-8-26(9-11-27)18-3-1-2-17(23)12-18/h1-7,12H,8-11,13-14H2,(H,24,28)(H,25,30). The number of nitrogens with zero attached hydrogens (tertiary/aromatic N) is 2. The molecule has 0 aliphatic carbocycles. The van der Waals surface area contributed by atoms with Gasteiger partial charge in [0.15, 0.2) is 0 Å². The van der Waals surface area contributed by atoms with Crippen molar-refractivity contribution in [2.75, 3.05) is 44.3 Å². The number of carbonyl (C=O) groups excluding carboxylic acids is 3. The molecule has 0 radical (unpaired) electrons. The number of rotatable bonds is 6. The zero-order valence-electron chi connectivity index (χ0n) is 16.6. The SMILES string of the molecule is O=C(COCC(=O)N1CCN(c2cccc(Cl)c2)CC1)NNC(=O)c1ccc(Br)cc1. The smallest absolute Gasteiger partial charge is 0.269 e. The predicted molar refractivity (Wildman–Crippen MR) is 121 cm³/mol. The molecule has 2 aromatic rings. The van der Waals surface area contributed by atoms with E-state index in [2.05, 4.69) is 31.7 Å². The third-order valence-corrected chi connectivity index (χ3v) is 5.45. The number of nitrogens with one attached hydrogen (secondary N) is 2. The molecule has 3 amide bonds. The highest BCUT2D eigenvalue weighted by atomic mass is 79.9. The number of hydrazine groups is 1. The number of anilines is 1. The minimum Gasteiger partial charge on any atom is -0.368 e. The van der Waals surface area contributed by atoms with Crippen LogP contribution in [0.25, 0.3) is 0 Å². The van der Waals surface area contributed by atoms with Crippen molar-refractivity contribution in [3.63, 3.8) is 0 Å². The summed E-state index contributed by atoms with van der Waals surface area (Å²) in [5.41, 5.74) is 5.98. The number of hydrogen-bond donors (Lipinski definition) is 2.